The standard InChI is InChI=1S/C23H23N7O2/c1-14-20-18(29-30-23(24)25)8-5-9-19(20)32-21(14)22(31)26-15-10-12-17(13-11-15)28-27-16-6-3-2-4-7-16/h2-4,6-7,10-13H,5,8-9H2,1H3,(H,26,31)(H4,24,25,30)/b28-27?,29-18+. The third-order valence-corrected chi connectivity index (χ3v) is 4.98. The normalized spacial score (nSPS) is 14.3. The predicted molar refractivity (Wildman–Crippen MR) is 124 cm³/mol. The minimum Gasteiger partial charge on any atom is -0.455 e. The number of hydrogen-bond donors (Lipinski definition) is 3. The second kappa shape index (κ2) is 9.25. The highest BCUT2D eigenvalue weighted by atomic mass is 16.4. The van der Waals surface area contributed by atoms with Gasteiger partial charge in [-0.3, -0.25) is 4.79 Å². The van der Waals surface area contributed by atoms with E-state index in [0.717, 1.165) is 35.4 Å². The lowest BCUT2D eigenvalue weighted by Crippen LogP contribution is -2.22. The van der Waals surface area contributed by atoms with Gasteiger partial charge < -0.3 is 21.2 Å². The summed E-state index contributed by atoms with van der Waals surface area (Å²) in [5, 5.41) is 19.1. The molecule has 0 bridgehead atoms. The highest BCUT2D eigenvalue weighted by Crippen LogP contribution is 2.30. The van der Waals surface area contributed by atoms with Crippen LogP contribution < -0.4 is 16.8 Å². The van der Waals surface area contributed by atoms with Gasteiger partial charge in [-0.25, -0.2) is 0 Å². The fraction of sp³-hybridized carbons (Fsp3) is 0.174. The number of hydrogen-bond acceptors (Lipinski definition) is 6. The Morgan fingerprint density at radius 3 is 2.34 bits per heavy atom. The third-order valence-electron chi connectivity index (χ3n) is 4.98. The molecule has 1 aromatic heterocycles. The molecule has 0 fully saturated rings. The molecule has 4 rings (SSSR count). The predicted octanol–water partition coefficient (Wildman–Crippen LogP) is 4.57. The molecule has 162 valence electrons. The Labute approximate surface area is 184 Å². The molecule has 0 saturated heterocycles. The highest BCUT2D eigenvalue weighted by molar-refractivity contribution is 6.09. The molecule has 9 nitrogen and oxygen atoms in total. The highest BCUT2D eigenvalue weighted by Gasteiger charge is 2.28. The fourth-order valence-electron chi connectivity index (χ4n) is 3.51. The van der Waals surface area contributed by atoms with Crippen LogP contribution in [0.15, 0.2) is 79.4 Å². The van der Waals surface area contributed by atoms with Crippen molar-refractivity contribution in [2.75, 3.05) is 5.32 Å². The van der Waals surface area contributed by atoms with Crippen LogP contribution >= 0.6 is 0 Å². The Balaban J connectivity index is 1.49. The number of nitrogens with two attached hydrogens (primary N) is 2. The van der Waals surface area contributed by atoms with Gasteiger partial charge in [0, 0.05) is 23.2 Å². The van der Waals surface area contributed by atoms with Crippen molar-refractivity contribution in [3.8, 4) is 0 Å². The van der Waals surface area contributed by atoms with E-state index in [4.69, 9.17) is 15.9 Å². The molecule has 1 heterocycles. The molecule has 5 N–H and O–H groups in total. The SMILES string of the molecule is Cc1c(C(=O)Nc2ccc(N=Nc3ccccc3)cc2)oc2c1/C(=N/N=C(N)N)CCC2. The average molecular weight is 429 g/mol. The summed E-state index contributed by atoms with van der Waals surface area (Å²) in [6.07, 6.45) is 2.29. The van der Waals surface area contributed by atoms with Gasteiger partial charge >= 0.3 is 0 Å². The summed E-state index contributed by atoms with van der Waals surface area (Å²) in [7, 11) is 0. The van der Waals surface area contributed by atoms with Crippen LogP contribution in [0.4, 0.5) is 17.1 Å². The number of furan rings is 1. The fourth-order valence-corrected chi connectivity index (χ4v) is 3.51. The van der Waals surface area contributed by atoms with Gasteiger partial charge in [-0.2, -0.15) is 15.3 Å². The average Bonchev–Trinajstić information content (AvgIpc) is 3.15. The van der Waals surface area contributed by atoms with Crippen molar-refractivity contribution in [2.45, 2.75) is 26.2 Å². The molecule has 1 amide bonds. The third kappa shape index (κ3) is 4.72. The maximum absolute atomic E-state index is 12.9. The van der Waals surface area contributed by atoms with Gasteiger partial charge in [-0.05, 0) is 56.2 Å². The molecule has 0 unspecified atom stereocenters. The molecule has 2 aromatic carbocycles. The lowest BCUT2D eigenvalue weighted by atomic mass is 9.93. The number of nitrogens with one attached hydrogen (secondary N) is 1. The molecule has 1 aliphatic carbocycles. The first-order chi connectivity index (χ1) is 15.5. The number of nitrogens with zero attached hydrogens (tertiary/aromatic N) is 4. The Bertz CT molecular complexity index is 1210. The van der Waals surface area contributed by atoms with Gasteiger partial charge in [0.15, 0.2) is 5.76 Å². The largest absolute Gasteiger partial charge is 0.455 e. The van der Waals surface area contributed by atoms with E-state index < -0.39 is 0 Å². The van der Waals surface area contributed by atoms with E-state index in [1.54, 1.807) is 24.3 Å². The lowest BCUT2D eigenvalue weighted by Gasteiger charge is -2.11. The number of fused-ring (bicyclic) bond motifs is 1. The van der Waals surface area contributed by atoms with Crippen molar-refractivity contribution in [3.05, 3.63) is 77.2 Å². The van der Waals surface area contributed by atoms with Crippen molar-refractivity contribution in [3.63, 3.8) is 0 Å². The van der Waals surface area contributed by atoms with E-state index >= 15 is 0 Å². The number of azo groups is 1. The minimum atomic E-state index is -0.336. The molecule has 0 aliphatic heterocycles. The quantitative estimate of drug-likeness (QED) is 0.236. The minimum absolute atomic E-state index is 0.115. The molecular formula is C23H23N7O2. The zero-order valence-electron chi connectivity index (χ0n) is 17.6. The topological polar surface area (TPSA) is 144 Å². The summed E-state index contributed by atoms with van der Waals surface area (Å²) in [4.78, 5) is 12.9. The summed E-state index contributed by atoms with van der Waals surface area (Å²) in [6, 6.07) is 16.6. The van der Waals surface area contributed by atoms with Crippen molar-refractivity contribution in [1.29, 1.82) is 0 Å². The number of amides is 1. The number of benzene rings is 2. The molecule has 0 atom stereocenters. The van der Waals surface area contributed by atoms with Gasteiger partial charge in [-0.15, -0.1) is 5.10 Å². The number of aryl methyl sites for hydroxylation is 1. The molecule has 9 heteroatoms. The maximum Gasteiger partial charge on any atom is 0.291 e. The van der Waals surface area contributed by atoms with Crippen LogP contribution in [0, 0.1) is 6.92 Å². The summed E-state index contributed by atoms with van der Waals surface area (Å²) < 4.78 is 5.88. The van der Waals surface area contributed by atoms with Gasteiger partial charge in [-0.1, -0.05) is 18.2 Å². The molecule has 0 radical (unpaired) electrons. The van der Waals surface area contributed by atoms with Gasteiger partial charge in [0.05, 0.1) is 17.1 Å². The zero-order chi connectivity index (χ0) is 22.5. The second-order valence-electron chi connectivity index (χ2n) is 7.32. The maximum atomic E-state index is 12.9. The Morgan fingerprint density at radius 2 is 1.66 bits per heavy atom. The summed E-state index contributed by atoms with van der Waals surface area (Å²) in [6.45, 7) is 1.83. The number of carbonyl (C=O) groups excluding carboxylic acids is 1. The van der Waals surface area contributed by atoms with Crippen LogP contribution in [0.1, 0.15) is 40.3 Å². The zero-order valence-corrected chi connectivity index (χ0v) is 17.6. The van der Waals surface area contributed by atoms with Crippen molar-refractivity contribution in [2.24, 2.45) is 31.9 Å². The molecule has 0 saturated carbocycles. The molecular weight excluding hydrogens is 406 g/mol. The molecule has 3 aromatic rings. The molecule has 1 aliphatic rings. The Morgan fingerprint density at radius 1 is 0.969 bits per heavy atom. The van der Waals surface area contributed by atoms with Crippen molar-refractivity contribution < 1.29 is 9.21 Å². The van der Waals surface area contributed by atoms with Crippen LogP contribution in [0.25, 0.3) is 0 Å². The van der Waals surface area contributed by atoms with Crippen LogP contribution in [0.2, 0.25) is 0 Å². The Hall–Kier alpha value is -4.27. The first-order valence-corrected chi connectivity index (χ1v) is 10.2. The monoisotopic (exact) mass is 429 g/mol. The van der Waals surface area contributed by atoms with Crippen LogP contribution in [0.5, 0.6) is 0 Å². The molecule has 32 heavy (non-hydrogen) atoms. The van der Waals surface area contributed by atoms with E-state index in [-0.39, 0.29) is 17.6 Å². The van der Waals surface area contributed by atoms with Crippen LogP contribution in [0.3, 0.4) is 0 Å². The summed E-state index contributed by atoms with van der Waals surface area (Å²) in [5.41, 5.74) is 15.1. The van der Waals surface area contributed by atoms with E-state index in [0.29, 0.717) is 23.5 Å². The van der Waals surface area contributed by atoms with Gasteiger partial charge in [0.2, 0.25) is 5.96 Å². The van der Waals surface area contributed by atoms with Gasteiger partial charge in [0.25, 0.3) is 5.91 Å². The first-order valence-electron chi connectivity index (χ1n) is 10.2. The lowest BCUT2D eigenvalue weighted by molar-refractivity contribution is 0.0994. The smallest absolute Gasteiger partial charge is 0.291 e. The number of carbonyl (C=O) groups is 1. The van der Waals surface area contributed by atoms with Crippen LogP contribution in [-0.4, -0.2) is 17.6 Å². The number of rotatable bonds is 5. The first kappa shape index (κ1) is 21.0. The van der Waals surface area contributed by atoms with Gasteiger partial charge in [0.1, 0.15) is 5.76 Å². The summed E-state index contributed by atoms with van der Waals surface area (Å²) in [5.74, 6) is 0.523. The van der Waals surface area contributed by atoms with Crippen LogP contribution in [-0.2, 0) is 6.42 Å². The number of anilines is 1. The van der Waals surface area contributed by atoms with E-state index in [2.05, 4.69) is 25.7 Å². The number of guanidine groups is 1. The van der Waals surface area contributed by atoms with Crippen molar-refractivity contribution >= 4 is 34.6 Å². The second-order valence-corrected chi connectivity index (χ2v) is 7.32. The molecule has 0 spiro atoms. The van der Waals surface area contributed by atoms with E-state index in [9.17, 15) is 4.79 Å². The van der Waals surface area contributed by atoms with Crippen molar-refractivity contribution in [1.82, 2.24) is 0 Å². The van der Waals surface area contributed by atoms with E-state index in [1.807, 2.05) is 37.3 Å². The summed E-state index contributed by atoms with van der Waals surface area (Å²) >= 11 is 0. The Kier molecular flexibility index (Phi) is 6.07. The van der Waals surface area contributed by atoms with E-state index in [1.165, 1.54) is 0 Å².